The number of carbonyl (C=O) groups is 1. The third-order valence-electron chi connectivity index (χ3n) is 3.06. The molecule has 1 fully saturated rings. The van der Waals surface area contributed by atoms with E-state index in [0.717, 1.165) is 6.20 Å². The number of nitro groups is 1. The second-order valence-corrected chi connectivity index (χ2v) is 4.62. The number of nitrogens with zero attached hydrogens (tertiary/aromatic N) is 4. The first-order valence-electron chi connectivity index (χ1n) is 5.45. The van der Waals surface area contributed by atoms with E-state index in [-0.39, 0.29) is 6.54 Å². The van der Waals surface area contributed by atoms with Crippen LogP contribution in [0, 0.1) is 10.1 Å². The summed E-state index contributed by atoms with van der Waals surface area (Å²) in [6.45, 7) is -0.985. The molecule has 1 atom stereocenters. The highest BCUT2D eigenvalue weighted by Gasteiger charge is 2.47. The number of alkyl halides is 2. The van der Waals surface area contributed by atoms with Crippen molar-refractivity contribution < 1.29 is 23.6 Å². The average Bonchev–Trinajstić information content (AvgIpc) is 2.70. The maximum absolute atomic E-state index is 13.9. The maximum atomic E-state index is 13.9. The Labute approximate surface area is 115 Å². The molecule has 0 aliphatic carbocycles. The summed E-state index contributed by atoms with van der Waals surface area (Å²) in [7, 11) is 0. The Morgan fingerprint density at radius 3 is 2.75 bits per heavy atom. The van der Waals surface area contributed by atoms with Gasteiger partial charge < -0.3 is 14.8 Å². The molecule has 1 aliphatic rings. The standard InChI is InChI=1S/C9H9ClF2N4O4/c10-7-5(16(19)20)3-13-15(7)6-4-14(8(17)18)2-1-9(6,11)12/h3,6H,1-2,4H2,(H,17,18)/p-1. The highest BCUT2D eigenvalue weighted by molar-refractivity contribution is 6.31. The van der Waals surface area contributed by atoms with E-state index in [1.807, 2.05) is 0 Å². The van der Waals surface area contributed by atoms with Crippen molar-refractivity contribution in [3.05, 3.63) is 21.5 Å². The van der Waals surface area contributed by atoms with E-state index in [0.29, 0.717) is 9.58 Å². The van der Waals surface area contributed by atoms with E-state index in [9.17, 15) is 28.8 Å². The minimum atomic E-state index is -3.28. The van der Waals surface area contributed by atoms with Crippen LogP contribution in [-0.4, -0.2) is 44.7 Å². The second-order valence-electron chi connectivity index (χ2n) is 4.26. The lowest BCUT2D eigenvalue weighted by molar-refractivity contribution is -0.384. The van der Waals surface area contributed by atoms with Crippen molar-refractivity contribution in [2.24, 2.45) is 0 Å². The summed E-state index contributed by atoms with van der Waals surface area (Å²) in [5.74, 6) is -3.28. The molecule has 8 nitrogen and oxygen atoms in total. The normalized spacial score (nSPS) is 21.8. The van der Waals surface area contributed by atoms with Crippen molar-refractivity contribution in [2.45, 2.75) is 18.4 Å². The van der Waals surface area contributed by atoms with Crippen LogP contribution < -0.4 is 5.11 Å². The van der Waals surface area contributed by atoms with Gasteiger partial charge in [-0.3, -0.25) is 10.1 Å². The molecule has 0 N–H and O–H groups in total. The van der Waals surface area contributed by atoms with E-state index in [4.69, 9.17) is 11.6 Å². The molecule has 0 aromatic carbocycles. The largest absolute Gasteiger partial charge is 0.530 e. The minimum absolute atomic E-state index is 0.382. The molecule has 2 rings (SSSR count). The zero-order valence-corrected chi connectivity index (χ0v) is 10.6. The van der Waals surface area contributed by atoms with E-state index >= 15 is 0 Å². The zero-order valence-electron chi connectivity index (χ0n) is 9.83. The highest BCUT2D eigenvalue weighted by atomic mass is 35.5. The maximum Gasteiger partial charge on any atom is 0.325 e. The Hall–Kier alpha value is -1.97. The van der Waals surface area contributed by atoms with Crippen molar-refractivity contribution in [2.75, 3.05) is 13.1 Å². The van der Waals surface area contributed by atoms with Gasteiger partial charge >= 0.3 is 5.69 Å². The second kappa shape index (κ2) is 4.85. The Morgan fingerprint density at radius 2 is 2.25 bits per heavy atom. The molecular formula is C9H8ClF2N4O4-. The number of rotatable bonds is 2. The summed E-state index contributed by atoms with van der Waals surface area (Å²) >= 11 is 5.65. The Kier molecular flexibility index (Phi) is 3.50. The SMILES string of the molecule is O=C([O-])N1CCC(F)(F)C(n2ncc([N+](=O)[O-])c2Cl)C1. The Balaban J connectivity index is 2.37. The fraction of sp³-hybridized carbons (Fsp3) is 0.556. The van der Waals surface area contributed by atoms with Crippen LogP contribution in [0.1, 0.15) is 12.5 Å². The molecule has 11 heteroatoms. The number of carbonyl (C=O) groups excluding carboxylic acids is 1. The van der Waals surface area contributed by atoms with Crippen molar-refractivity contribution in [1.29, 1.82) is 0 Å². The van der Waals surface area contributed by atoms with Gasteiger partial charge in [-0.05, 0) is 0 Å². The third kappa shape index (κ3) is 2.38. The first-order chi connectivity index (χ1) is 9.24. The van der Waals surface area contributed by atoms with Crippen LogP contribution in [0.15, 0.2) is 6.20 Å². The first kappa shape index (κ1) is 14.4. The molecule has 1 aromatic heterocycles. The van der Waals surface area contributed by atoms with Gasteiger partial charge in [0.25, 0.3) is 5.92 Å². The number of carboxylic acid groups (broad SMARTS) is 1. The number of amides is 1. The van der Waals surface area contributed by atoms with Gasteiger partial charge in [0.15, 0.2) is 0 Å². The van der Waals surface area contributed by atoms with Crippen LogP contribution >= 0.6 is 11.6 Å². The van der Waals surface area contributed by atoms with Gasteiger partial charge in [-0.25, -0.2) is 13.5 Å². The fourth-order valence-electron chi connectivity index (χ4n) is 1.98. The number of piperidine rings is 1. The quantitative estimate of drug-likeness (QED) is 0.590. The number of likely N-dealkylation sites (tertiary alicyclic amines) is 1. The molecule has 0 radical (unpaired) electrons. The average molecular weight is 310 g/mol. The molecular weight excluding hydrogens is 302 g/mol. The summed E-state index contributed by atoms with van der Waals surface area (Å²) in [6.07, 6.45) is -1.59. The topological polar surface area (TPSA) is 104 Å². The monoisotopic (exact) mass is 309 g/mol. The number of hydrogen-bond donors (Lipinski definition) is 0. The lowest BCUT2D eigenvalue weighted by Gasteiger charge is -2.39. The molecule has 110 valence electrons. The molecule has 0 spiro atoms. The first-order valence-corrected chi connectivity index (χ1v) is 5.83. The number of aromatic nitrogens is 2. The lowest BCUT2D eigenvalue weighted by Crippen LogP contribution is -2.53. The number of halogens is 3. The van der Waals surface area contributed by atoms with E-state index in [1.54, 1.807) is 0 Å². The molecule has 1 amide bonds. The predicted molar refractivity (Wildman–Crippen MR) is 59.5 cm³/mol. The van der Waals surface area contributed by atoms with E-state index in [1.165, 1.54) is 0 Å². The van der Waals surface area contributed by atoms with Crippen molar-refractivity contribution in [3.63, 3.8) is 0 Å². The summed E-state index contributed by atoms with van der Waals surface area (Å²) in [5, 5.41) is 24.3. The van der Waals surface area contributed by atoms with Gasteiger partial charge in [-0.1, -0.05) is 11.6 Å². The van der Waals surface area contributed by atoms with Crippen LogP contribution in [0.25, 0.3) is 0 Å². The van der Waals surface area contributed by atoms with Crippen LogP contribution in [0.5, 0.6) is 0 Å². The molecule has 20 heavy (non-hydrogen) atoms. The molecule has 1 aliphatic heterocycles. The molecule has 0 bridgehead atoms. The van der Waals surface area contributed by atoms with Gasteiger partial charge in [0.2, 0.25) is 5.15 Å². The molecule has 0 saturated carbocycles. The van der Waals surface area contributed by atoms with Crippen LogP contribution in [0.4, 0.5) is 19.3 Å². The van der Waals surface area contributed by atoms with Crippen molar-refractivity contribution >= 4 is 23.4 Å². The Bertz CT molecular complexity index is 564. The van der Waals surface area contributed by atoms with E-state index in [2.05, 4.69) is 5.10 Å². The highest BCUT2D eigenvalue weighted by Crippen LogP contribution is 2.39. The Morgan fingerprint density at radius 1 is 1.60 bits per heavy atom. The van der Waals surface area contributed by atoms with Gasteiger partial charge in [-0.2, -0.15) is 5.10 Å². The third-order valence-corrected chi connectivity index (χ3v) is 3.43. The lowest BCUT2D eigenvalue weighted by atomic mass is 10.0. The number of hydrogen-bond acceptors (Lipinski definition) is 5. The van der Waals surface area contributed by atoms with Crippen LogP contribution in [0.2, 0.25) is 5.15 Å². The van der Waals surface area contributed by atoms with Crippen molar-refractivity contribution in [3.8, 4) is 0 Å². The van der Waals surface area contributed by atoms with Gasteiger partial charge in [0, 0.05) is 19.5 Å². The smallest absolute Gasteiger partial charge is 0.325 e. The summed E-state index contributed by atoms with van der Waals surface area (Å²) < 4.78 is 28.3. The summed E-state index contributed by atoms with van der Waals surface area (Å²) in [4.78, 5) is 21.2. The van der Waals surface area contributed by atoms with Crippen LogP contribution in [0.3, 0.4) is 0 Å². The predicted octanol–water partition coefficient (Wildman–Crippen LogP) is 0.670. The van der Waals surface area contributed by atoms with Crippen LogP contribution in [-0.2, 0) is 0 Å². The molecule has 1 aromatic rings. The zero-order chi connectivity index (χ0) is 15.1. The fourth-order valence-corrected chi connectivity index (χ4v) is 2.26. The van der Waals surface area contributed by atoms with Gasteiger partial charge in [0.05, 0.1) is 4.92 Å². The minimum Gasteiger partial charge on any atom is -0.530 e. The van der Waals surface area contributed by atoms with Crippen molar-refractivity contribution in [1.82, 2.24) is 14.7 Å². The molecule has 1 saturated heterocycles. The summed E-state index contributed by atoms with van der Waals surface area (Å²) in [6, 6.07) is -1.71. The van der Waals surface area contributed by atoms with E-state index < -0.39 is 46.8 Å². The molecule has 1 unspecified atom stereocenters. The van der Waals surface area contributed by atoms with Gasteiger partial charge in [-0.15, -0.1) is 0 Å². The molecule has 2 heterocycles. The van der Waals surface area contributed by atoms with Gasteiger partial charge in [0.1, 0.15) is 18.3 Å². The summed E-state index contributed by atoms with van der Waals surface area (Å²) in [5.41, 5.74) is -0.618.